The van der Waals surface area contributed by atoms with Crippen LogP contribution in [0.2, 0.25) is 5.02 Å². The molecule has 5 nitrogen and oxygen atoms in total. The van der Waals surface area contributed by atoms with Gasteiger partial charge in [0.25, 0.3) is 0 Å². The third kappa shape index (κ3) is 4.79. The highest BCUT2D eigenvalue weighted by atomic mass is 35.5. The fourth-order valence-corrected chi connectivity index (χ4v) is 2.33. The summed E-state index contributed by atoms with van der Waals surface area (Å²) in [7, 11) is 3.72. The molecule has 118 valence electrons. The Balaban J connectivity index is 2.74. The zero-order valence-corrected chi connectivity index (χ0v) is 13.8. The molecule has 0 aromatic heterocycles. The van der Waals surface area contributed by atoms with Crippen molar-refractivity contribution in [2.45, 2.75) is 32.3 Å². The maximum Gasteiger partial charge on any atom is 0.319 e. The summed E-state index contributed by atoms with van der Waals surface area (Å²) in [5, 5.41) is 16.2. The summed E-state index contributed by atoms with van der Waals surface area (Å²) in [6.45, 7) is 4.00. The van der Waals surface area contributed by atoms with Crippen molar-refractivity contribution in [1.29, 1.82) is 0 Å². The lowest BCUT2D eigenvalue weighted by Gasteiger charge is -2.26. The van der Waals surface area contributed by atoms with E-state index in [1.54, 1.807) is 18.2 Å². The highest BCUT2D eigenvalue weighted by Crippen LogP contribution is 2.32. The van der Waals surface area contributed by atoms with Crippen molar-refractivity contribution >= 4 is 29.0 Å². The topological polar surface area (TPSA) is 64.6 Å². The monoisotopic (exact) mass is 313 g/mol. The lowest BCUT2D eigenvalue weighted by atomic mass is 9.98. The van der Waals surface area contributed by atoms with E-state index in [0.717, 1.165) is 5.69 Å². The standard InChI is InChI=1S/C15H24ClN3O2/c1-5-15(21,6-2)10-17-14(20)18-12-9-7-8-11(16)13(12)19(3)4/h7-9,21H,5-6,10H2,1-4H3,(H2,17,18,20). The highest BCUT2D eigenvalue weighted by Gasteiger charge is 2.23. The predicted octanol–water partition coefficient (Wildman–Crippen LogP) is 3.08. The number of nitrogens with one attached hydrogen (secondary N) is 2. The van der Waals surface area contributed by atoms with Crippen LogP contribution in [0, 0.1) is 0 Å². The number of hydrogen-bond acceptors (Lipinski definition) is 3. The van der Waals surface area contributed by atoms with Crippen molar-refractivity contribution in [2.75, 3.05) is 30.9 Å². The largest absolute Gasteiger partial charge is 0.388 e. The number of urea groups is 1. The van der Waals surface area contributed by atoms with Crippen LogP contribution in [-0.4, -0.2) is 37.4 Å². The van der Waals surface area contributed by atoms with Gasteiger partial charge >= 0.3 is 6.03 Å². The molecule has 0 radical (unpaired) electrons. The Morgan fingerprint density at radius 2 is 1.95 bits per heavy atom. The van der Waals surface area contributed by atoms with E-state index in [0.29, 0.717) is 23.6 Å². The first-order chi connectivity index (χ1) is 9.83. The maximum absolute atomic E-state index is 12.0. The molecule has 1 rings (SSSR count). The molecule has 0 fully saturated rings. The van der Waals surface area contributed by atoms with Crippen molar-refractivity contribution in [2.24, 2.45) is 0 Å². The second-order valence-corrected chi connectivity index (χ2v) is 5.68. The minimum atomic E-state index is -0.865. The van der Waals surface area contributed by atoms with Crippen LogP contribution in [0.25, 0.3) is 0 Å². The lowest BCUT2D eigenvalue weighted by Crippen LogP contribution is -2.43. The van der Waals surface area contributed by atoms with E-state index in [-0.39, 0.29) is 12.6 Å². The zero-order valence-electron chi connectivity index (χ0n) is 13.0. The second kappa shape index (κ2) is 7.52. The van der Waals surface area contributed by atoms with Crippen LogP contribution in [0.4, 0.5) is 16.2 Å². The molecule has 0 saturated heterocycles. The molecule has 0 aliphatic carbocycles. The third-order valence-electron chi connectivity index (χ3n) is 3.58. The second-order valence-electron chi connectivity index (χ2n) is 5.27. The Morgan fingerprint density at radius 3 is 2.48 bits per heavy atom. The maximum atomic E-state index is 12.0. The van der Waals surface area contributed by atoms with Gasteiger partial charge in [-0.2, -0.15) is 0 Å². The lowest BCUT2D eigenvalue weighted by molar-refractivity contribution is 0.0354. The summed E-state index contributed by atoms with van der Waals surface area (Å²) in [6, 6.07) is 4.97. The minimum Gasteiger partial charge on any atom is -0.388 e. The van der Waals surface area contributed by atoms with Gasteiger partial charge in [-0.1, -0.05) is 31.5 Å². The van der Waals surface area contributed by atoms with E-state index >= 15 is 0 Å². The molecular weight excluding hydrogens is 290 g/mol. The summed E-state index contributed by atoms with van der Waals surface area (Å²) < 4.78 is 0. The Kier molecular flexibility index (Phi) is 6.30. The van der Waals surface area contributed by atoms with E-state index in [9.17, 15) is 9.90 Å². The Bertz CT molecular complexity index is 488. The van der Waals surface area contributed by atoms with Gasteiger partial charge in [-0.05, 0) is 25.0 Å². The van der Waals surface area contributed by atoms with E-state index in [4.69, 9.17) is 11.6 Å². The number of hydrogen-bond donors (Lipinski definition) is 3. The number of carbonyl (C=O) groups excluding carboxylic acids is 1. The fraction of sp³-hybridized carbons (Fsp3) is 0.533. The van der Waals surface area contributed by atoms with Gasteiger partial charge < -0.3 is 20.6 Å². The zero-order chi connectivity index (χ0) is 16.0. The average molecular weight is 314 g/mol. The molecule has 3 N–H and O–H groups in total. The molecule has 2 amide bonds. The Labute approximate surface area is 131 Å². The SMILES string of the molecule is CCC(O)(CC)CNC(=O)Nc1cccc(Cl)c1N(C)C. The molecule has 6 heteroatoms. The number of amides is 2. The minimum absolute atomic E-state index is 0.212. The number of anilines is 2. The van der Waals surface area contributed by atoms with Crippen molar-refractivity contribution in [3.05, 3.63) is 23.2 Å². The van der Waals surface area contributed by atoms with Crippen molar-refractivity contribution in [3.8, 4) is 0 Å². The molecule has 21 heavy (non-hydrogen) atoms. The summed E-state index contributed by atoms with van der Waals surface area (Å²) in [6.07, 6.45) is 1.17. The highest BCUT2D eigenvalue weighted by molar-refractivity contribution is 6.34. The first kappa shape index (κ1) is 17.6. The van der Waals surface area contributed by atoms with Gasteiger partial charge in [-0.15, -0.1) is 0 Å². The summed E-state index contributed by atoms with van der Waals surface area (Å²) >= 11 is 6.15. The fourth-order valence-electron chi connectivity index (χ4n) is 1.98. The van der Waals surface area contributed by atoms with E-state index in [1.165, 1.54) is 0 Å². The van der Waals surface area contributed by atoms with Gasteiger partial charge in [-0.3, -0.25) is 0 Å². The molecule has 0 aliphatic rings. The molecule has 0 heterocycles. The van der Waals surface area contributed by atoms with Gasteiger partial charge in [-0.25, -0.2) is 4.79 Å². The number of para-hydroxylation sites is 1. The quantitative estimate of drug-likeness (QED) is 0.756. The Hall–Kier alpha value is -1.46. The van der Waals surface area contributed by atoms with Gasteiger partial charge in [0.1, 0.15) is 0 Å². The van der Waals surface area contributed by atoms with Crippen molar-refractivity contribution < 1.29 is 9.90 Å². The van der Waals surface area contributed by atoms with E-state index in [1.807, 2.05) is 32.8 Å². The van der Waals surface area contributed by atoms with Gasteiger partial charge in [0.15, 0.2) is 0 Å². The molecule has 0 unspecified atom stereocenters. The summed E-state index contributed by atoms with van der Waals surface area (Å²) in [5.74, 6) is 0. The van der Waals surface area contributed by atoms with Gasteiger partial charge in [0.2, 0.25) is 0 Å². The normalized spacial score (nSPS) is 11.1. The smallest absolute Gasteiger partial charge is 0.319 e. The summed E-state index contributed by atoms with van der Waals surface area (Å²) in [4.78, 5) is 13.8. The molecule has 1 aromatic rings. The molecule has 0 spiro atoms. The first-order valence-electron chi connectivity index (χ1n) is 7.06. The number of halogens is 1. The van der Waals surface area contributed by atoms with Crippen LogP contribution in [-0.2, 0) is 0 Å². The van der Waals surface area contributed by atoms with E-state index in [2.05, 4.69) is 10.6 Å². The number of aliphatic hydroxyl groups is 1. The van der Waals surface area contributed by atoms with Crippen LogP contribution in [0.15, 0.2) is 18.2 Å². The average Bonchev–Trinajstić information content (AvgIpc) is 2.44. The summed E-state index contributed by atoms with van der Waals surface area (Å²) in [5.41, 5.74) is 0.507. The molecule has 1 aromatic carbocycles. The first-order valence-corrected chi connectivity index (χ1v) is 7.44. The number of rotatable bonds is 6. The van der Waals surface area contributed by atoms with Crippen molar-refractivity contribution in [1.82, 2.24) is 5.32 Å². The number of carbonyl (C=O) groups is 1. The van der Waals surface area contributed by atoms with Crippen LogP contribution >= 0.6 is 11.6 Å². The molecular formula is C15H24ClN3O2. The third-order valence-corrected chi connectivity index (χ3v) is 3.88. The molecule has 0 bridgehead atoms. The molecule has 0 atom stereocenters. The van der Waals surface area contributed by atoms with Gasteiger partial charge in [0.05, 0.1) is 22.0 Å². The van der Waals surface area contributed by atoms with Crippen LogP contribution in [0.3, 0.4) is 0 Å². The Morgan fingerprint density at radius 1 is 1.33 bits per heavy atom. The molecule has 0 aliphatic heterocycles. The van der Waals surface area contributed by atoms with Gasteiger partial charge in [0, 0.05) is 20.6 Å². The number of nitrogens with zero attached hydrogens (tertiary/aromatic N) is 1. The molecule has 0 saturated carbocycles. The van der Waals surface area contributed by atoms with Crippen LogP contribution in [0.5, 0.6) is 0 Å². The van der Waals surface area contributed by atoms with Crippen LogP contribution < -0.4 is 15.5 Å². The number of benzene rings is 1. The van der Waals surface area contributed by atoms with Crippen LogP contribution in [0.1, 0.15) is 26.7 Å². The van der Waals surface area contributed by atoms with E-state index < -0.39 is 5.60 Å². The van der Waals surface area contributed by atoms with Crippen molar-refractivity contribution in [3.63, 3.8) is 0 Å². The predicted molar refractivity (Wildman–Crippen MR) is 88.3 cm³/mol.